The molecule has 0 saturated carbocycles. The second kappa shape index (κ2) is 1.41. The van der Waals surface area contributed by atoms with E-state index < -0.39 is 0 Å². The molecule has 0 aromatic carbocycles. The third kappa shape index (κ3) is 0.584. The van der Waals surface area contributed by atoms with E-state index in [0.717, 1.165) is 0 Å². The van der Waals surface area contributed by atoms with Gasteiger partial charge < -0.3 is 0 Å². The molecule has 1 aromatic rings. The van der Waals surface area contributed by atoms with E-state index in [1.54, 1.807) is 6.20 Å². The van der Waals surface area contributed by atoms with E-state index >= 15 is 0 Å². The van der Waals surface area contributed by atoms with Crippen LogP contribution in [0, 0.1) is 0 Å². The van der Waals surface area contributed by atoms with Gasteiger partial charge in [-0.05, 0) is 0 Å². The van der Waals surface area contributed by atoms with Gasteiger partial charge in [0, 0.05) is 0 Å². The molecule has 0 bridgehead atoms. The number of rotatable bonds is 0. The number of nitrogens with zero attached hydrogens (tertiary/aromatic N) is 2. The molecule has 0 atom stereocenters. The summed E-state index contributed by atoms with van der Waals surface area (Å²) >= 11 is 3.48. The van der Waals surface area contributed by atoms with E-state index in [9.17, 15) is 0 Å². The van der Waals surface area contributed by atoms with Gasteiger partial charge in [0.15, 0.2) is 0 Å². The number of H-pyrrole nitrogens is 1. The van der Waals surface area contributed by atoms with Gasteiger partial charge in [0.2, 0.25) is 0 Å². The maximum atomic E-state index is 3.50. The van der Waals surface area contributed by atoms with E-state index in [1.807, 2.05) is 0 Å². The van der Waals surface area contributed by atoms with Crippen LogP contribution in [0.25, 0.3) is 0 Å². The Morgan fingerprint density at radius 3 is 2.83 bits per heavy atom. The molecule has 0 aliphatic carbocycles. The Hall–Kier alpha value is -0.341. The summed E-state index contributed by atoms with van der Waals surface area (Å²) in [5.41, 5.74) is 0. The van der Waals surface area contributed by atoms with E-state index in [2.05, 4.69) is 31.4 Å². The summed E-state index contributed by atoms with van der Waals surface area (Å²) in [6.07, 6.45) is 1.62. The van der Waals surface area contributed by atoms with Gasteiger partial charge in [-0.3, -0.25) is 0 Å². The summed E-state index contributed by atoms with van der Waals surface area (Å²) in [5, 5.41) is 9.39. The number of aromatic nitrogens is 3. The van der Waals surface area contributed by atoms with E-state index in [-0.39, 0.29) is 0 Å². The van der Waals surface area contributed by atoms with Crippen LogP contribution < -0.4 is 4.59 Å². The quantitative estimate of drug-likeness (QED) is 0.449. The van der Waals surface area contributed by atoms with Crippen LogP contribution in [-0.2, 0) is 16.0 Å². The average Bonchev–Trinajstić information content (AvgIpc) is 1.86. The zero-order chi connectivity index (χ0) is 4.41. The Bertz CT molecular complexity index is 112. The van der Waals surface area contributed by atoms with Gasteiger partial charge in [0.05, 0.1) is 0 Å². The van der Waals surface area contributed by atoms with Crippen LogP contribution in [0.3, 0.4) is 0 Å². The zero-order valence-corrected chi connectivity index (χ0v) is 3.93. The molecule has 0 radical (unpaired) electrons. The van der Waals surface area contributed by atoms with Crippen molar-refractivity contribution >= 4 is 4.59 Å². The van der Waals surface area contributed by atoms with Gasteiger partial charge >= 0.3 is 42.2 Å². The van der Waals surface area contributed by atoms with Crippen LogP contribution in [0.2, 0.25) is 0 Å². The Morgan fingerprint density at radius 2 is 2.67 bits per heavy atom. The van der Waals surface area contributed by atoms with Crippen molar-refractivity contribution < 1.29 is 16.0 Å². The molecule has 1 heterocycles. The standard InChI is InChI=1S/C2H2N3.Fe/c1-2-4-5-3-1;/h1H,(H,3,4,5);. The Morgan fingerprint density at radius 1 is 1.83 bits per heavy atom. The SMILES string of the molecule is [Fe][c]1c[nH]nn1. The van der Waals surface area contributed by atoms with Gasteiger partial charge in [-0.25, -0.2) is 0 Å². The molecule has 0 saturated heterocycles. The molecule has 0 fully saturated rings. The summed E-state index contributed by atoms with van der Waals surface area (Å²) in [6.45, 7) is 0. The maximum absolute atomic E-state index is 3.50. The second-order valence-electron chi connectivity index (χ2n) is 0.784. The summed E-state index contributed by atoms with van der Waals surface area (Å²) in [6, 6.07) is 0. The second-order valence-corrected chi connectivity index (χ2v) is 1.35. The zero-order valence-electron chi connectivity index (χ0n) is 2.83. The predicted molar refractivity (Wildman–Crippen MR) is 16.0 cm³/mol. The third-order valence-corrected chi connectivity index (χ3v) is 0.651. The first-order valence-corrected chi connectivity index (χ1v) is 1.95. The molecule has 0 aliphatic rings. The molecule has 6 heavy (non-hydrogen) atoms. The van der Waals surface area contributed by atoms with Crippen LogP contribution in [0.15, 0.2) is 6.20 Å². The molecule has 0 unspecified atom stereocenters. The van der Waals surface area contributed by atoms with E-state index in [4.69, 9.17) is 0 Å². The first-order chi connectivity index (χ1) is 2.89. The van der Waals surface area contributed by atoms with Crippen molar-refractivity contribution in [3.05, 3.63) is 6.20 Å². The van der Waals surface area contributed by atoms with Crippen molar-refractivity contribution in [3.63, 3.8) is 0 Å². The van der Waals surface area contributed by atoms with E-state index in [0.29, 0.717) is 4.59 Å². The Balaban J connectivity index is 3.05. The fourth-order valence-electron chi connectivity index (χ4n) is 0.185. The van der Waals surface area contributed by atoms with Crippen LogP contribution in [0.4, 0.5) is 0 Å². The van der Waals surface area contributed by atoms with Gasteiger partial charge in [-0.2, -0.15) is 0 Å². The van der Waals surface area contributed by atoms with Crippen molar-refractivity contribution in [1.29, 1.82) is 0 Å². The van der Waals surface area contributed by atoms with Crippen molar-refractivity contribution in [1.82, 2.24) is 15.4 Å². The molecule has 33 valence electrons. The summed E-state index contributed by atoms with van der Waals surface area (Å²) in [4.78, 5) is 0. The van der Waals surface area contributed by atoms with Crippen LogP contribution in [0.1, 0.15) is 0 Å². The normalized spacial score (nSPS) is 8.83. The summed E-state index contributed by atoms with van der Waals surface area (Å²) < 4.78 is 0.676. The summed E-state index contributed by atoms with van der Waals surface area (Å²) in [5.74, 6) is 0. The van der Waals surface area contributed by atoms with Crippen LogP contribution in [-0.4, -0.2) is 15.4 Å². The van der Waals surface area contributed by atoms with E-state index in [1.165, 1.54) is 0 Å². The summed E-state index contributed by atoms with van der Waals surface area (Å²) in [7, 11) is 0. The molecule has 4 heteroatoms. The van der Waals surface area contributed by atoms with Crippen molar-refractivity contribution in [3.8, 4) is 0 Å². The first kappa shape index (κ1) is 3.84. The minimum atomic E-state index is 0.676. The number of hydrogen-bond acceptors (Lipinski definition) is 2. The number of aromatic amines is 1. The van der Waals surface area contributed by atoms with Crippen molar-refractivity contribution in [2.24, 2.45) is 0 Å². The fraction of sp³-hybridized carbons (Fsp3) is 0. The van der Waals surface area contributed by atoms with Gasteiger partial charge in [0.1, 0.15) is 0 Å². The van der Waals surface area contributed by atoms with Crippen molar-refractivity contribution in [2.45, 2.75) is 0 Å². The van der Waals surface area contributed by atoms with Crippen LogP contribution in [0.5, 0.6) is 0 Å². The van der Waals surface area contributed by atoms with Gasteiger partial charge in [0.25, 0.3) is 0 Å². The average molecular weight is 124 g/mol. The molecular weight excluding hydrogens is 122 g/mol. The molecule has 1 rings (SSSR count). The first-order valence-electron chi connectivity index (χ1n) is 1.40. The Labute approximate surface area is 43.0 Å². The molecule has 0 spiro atoms. The predicted octanol–water partition coefficient (Wildman–Crippen LogP) is -1.02. The molecule has 0 aliphatic heterocycles. The topological polar surface area (TPSA) is 41.6 Å². The van der Waals surface area contributed by atoms with Gasteiger partial charge in [-0.1, -0.05) is 0 Å². The molecule has 3 nitrogen and oxygen atoms in total. The van der Waals surface area contributed by atoms with Gasteiger partial charge in [-0.15, -0.1) is 0 Å². The monoisotopic (exact) mass is 124 g/mol. The Kier molecular flexibility index (Phi) is 0.900. The molecule has 0 amide bonds. The number of hydrogen-bond donors (Lipinski definition) is 1. The minimum absolute atomic E-state index is 0.676. The molecule has 1 N–H and O–H groups in total. The van der Waals surface area contributed by atoms with Crippen LogP contribution >= 0.6 is 0 Å². The fourth-order valence-corrected chi connectivity index (χ4v) is 0.311. The van der Waals surface area contributed by atoms with Crippen molar-refractivity contribution in [2.75, 3.05) is 0 Å². The molecular formula is C2H2FeN3. The third-order valence-electron chi connectivity index (χ3n) is 0.381. The molecule has 1 aromatic heterocycles. The number of nitrogens with one attached hydrogen (secondary N) is 1.